The third kappa shape index (κ3) is 3.48. The van der Waals surface area contributed by atoms with E-state index in [0.29, 0.717) is 18.7 Å². The van der Waals surface area contributed by atoms with Crippen LogP contribution in [0.5, 0.6) is 5.75 Å². The second kappa shape index (κ2) is 6.39. The van der Waals surface area contributed by atoms with Crippen LogP contribution in [0, 0.1) is 5.82 Å². The Morgan fingerprint density at radius 1 is 1.05 bits per heavy atom. The van der Waals surface area contributed by atoms with E-state index in [2.05, 4.69) is 17.4 Å². The number of halogens is 1. The highest BCUT2D eigenvalue weighted by Crippen LogP contribution is 2.20. The zero-order valence-electron chi connectivity index (χ0n) is 11.7. The lowest BCUT2D eigenvalue weighted by Gasteiger charge is -2.13. The molecular formula is C16H19FN2O. The van der Waals surface area contributed by atoms with Crippen molar-refractivity contribution in [3.05, 3.63) is 59.4 Å². The van der Waals surface area contributed by atoms with E-state index in [9.17, 15) is 9.50 Å². The molecular weight excluding hydrogens is 255 g/mol. The Bertz CT molecular complexity index is 567. The zero-order valence-corrected chi connectivity index (χ0v) is 11.7. The number of nitrogens with one attached hydrogen (secondary N) is 1. The molecule has 0 aliphatic carbocycles. The summed E-state index contributed by atoms with van der Waals surface area (Å²) in [6, 6.07) is 12.8. The molecule has 2 rings (SSSR count). The lowest BCUT2D eigenvalue weighted by molar-refractivity contribution is 0.423. The number of rotatable bonds is 5. The standard InChI is InChI=1S/C16H19FN2O/c1-19(2)14-8-6-12(7-9-14)10-18-11-13-4-3-5-15(17)16(13)20/h3-9,18,20H,10-11H2,1-2H3. The van der Waals surface area contributed by atoms with Gasteiger partial charge in [-0.25, -0.2) is 4.39 Å². The Balaban J connectivity index is 1.91. The van der Waals surface area contributed by atoms with E-state index in [4.69, 9.17) is 0 Å². The minimum absolute atomic E-state index is 0.275. The van der Waals surface area contributed by atoms with Gasteiger partial charge in [-0.2, -0.15) is 0 Å². The molecule has 0 spiro atoms. The topological polar surface area (TPSA) is 35.5 Å². The maximum absolute atomic E-state index is 13.2. The van der Waals surface area contributed by atoms with Gasteiger partial charge in [0.05, 0.1) is 0 Å². The number of benzene rings is 2. The van der Waals surface area contributed by atoms with E-state index in [1.807, 2.05) is 31.1 Å². The van der Waals surface area contributed by atoms with E-state index < -0.39 is 5.82 Å². The molecule has 0 aliphatic rings. The Hall–Kier alpha value is -2.07. The van der Waals surface area contributed by atoms with Crippen LogP contribution in [0.3, 0.4) is 0 Å². The molecule has 3 nitrogen and oxygen atoms in total. The van der Waals surface area contributed by atoms with Crippen LogP contribution >= 0.6 is 0 Å². The monoisotopic (exact) mass is 274 g/mol. The molecule has 0 atom stereocenters. The van der Waals surface area contributed by atoms with Crippen LogP contribution in [0.15, 0.2) is 42.5 Å². The second-order valence-electron chi connectivity index (χ2n) is 4.91. The summed E-state index contributed by atoms with van der Waals surface area (Å²) in [6.07, 6.45) is 0. The Morgan fingerprint density at radius 3 is 2.40 bits per heavy atom. The highest BCUT2D eigenvalue weighted by Gasteiger charge is 2.05. The first kappa shape index (κ1) is 14.3. The molecule has 106 valence electrons. The number of hydrogen-bond acceptors (Lipinski definition) is 3. The summed E-state index contributed by atoms with van der Waals surface area (Å²) in [6.45, 7) is 1.10. The summed E-state index contributed by atoms with van der Waals surface area (Å²) in [7, 11) is 4.00. The van der Waals surface area contributed by atoms with Crippen molar-refractivity contribution in [2.75, 3.05) is 19.0 Å². The van der Waals surface area contributed by atoms with Crippen molar-refractivity contribution in [1.29, 1.82) is 0 Å². The molecule has 0 bridgehead atoms. The largest absolute Gasteiger partial charge is 0.505 e. The molecule has 0 heterocycles. The lowest BCUT2D eigenvalue weighted by atomic mass is 10.1. The first-order valence-corrected chi connectivity index (χ1v) is 6.51. The molecule has 0 aliphatic heterocycles. The number of aromatic hydroxyl groups is 1. The molecule has 0 unspecified atom stereocenters. The van der Waals surface area contributed by atoms with Crippen LogP contribution in [-0.2, 0) is 13.1 Å². The predicted octanol–water partition coefficient (Wildman–Crippen LogP) is 2.89. The summed E-state index contributed by atoms with van der Waals surface area (Å²) in [5.74, 6) is -0.859. The van der Waals surface area contributed by atoms with Crippen LogP contribution in [-0.4, -0.2) is 19.2 Å². The van der Waals surface area contributed by atoms with Crippen molar-refractivity contribution in [2.45, 2.75) is 13.1 Å². The molecule has 2 aromatic rings. The SMILES string of the molecule is CN(C)c1ccc(CNCc2cccc(F)c2O)cc1. The molecule has 0 aromatic heterocycles. The van der Waals surface area contributed by atoms with Crippen molar-refractivity contribution in [3.63, 3.8) is 0 Å². The average Bonchev–Trinajstić information content (AvgIpc) is 2.44. The van der Waals surface area contributed by atoms with Crippen molar-refractivity contribution in [3.8, 4) is 5.75 Å². The quantitative estimate of drug-likeness (QED) is 0.880. The Morgan fingerprint density at radius 2 is 1.75 bits per heavy atom. The fourth-order valence-corrected chi connectivity index (χ4v) is 1.96. The number of anilines is 1. The third-order valence-corrected chi connectivity index (χ3v) is 3.17. The number of nitrogens with zero attached hydrogens (tertiary/aromatic N) is 1. The maximum atomic E-state index is 13.2. The smallest absolute Gasteiger partial charge is 0.165 e. The molecule has 2 aromatic carbocycles. The van der Waals surface area contributed by atoms with E-state index in [1.165, 1.54) is 6.07 Å². The van der Waals surface area contributed by atoms with E-state index in [-0.39, 0.29) is 5.75 Å². The van der Waals surface area contributed by atoms with Gasteiger partial charge < -0.3 is 15.3 Å². The van der Waals surface area contributed by atoms with Gasteiger partial charge in [-0.15, -0.1) is 0 Å². The van der Waals surface area contributed by atoms with Crippen LogP contribution < -0.4 is 10.2 Å². The molecule has 2 N–H and O–H groups in total. The van der Waals surface area contributed by atoms with Gasteiger partial charge in [0.15, 0.2) is 11.6 Å². The minimum Gasteiger partial charge on any atom is -0.505 e. The molecule has 0 radical (unpaired) electrons. The number of para-hydroxylation sites is 1. The average molecular weight is 274 g/mol. The summed E-state index contributed by atoms with van der Waals surface area (Å²) in [5.41, 5.74) is 2.86. The number of hydrogen-bond donors (Lipinski definition) is 2. The van der Waals surface area contributed by atoms with Crippen molar-refractivity contribution < 1.29 is 9.50 Å². The fraction of sp³-hybridized carbons (Fsp3) is 0.250. The van der Waals surface area contributed by atoms with Gasteiger partial charge >= 0.3 is 0 Å². The van der Waals surface area contributed by atoms with Gasteiger partial charge in [-0.1, -0.05) is 24.3 Å². The summed E-state index contributed by atoms with van der Waals surface area (Å²) in [4.78, 5) is 2.04. The van der Waals surface area contributed by atoms with Gasteiger partial charge in [0.2, 0.25) is 0 Å². The highest BCUT2D eigenvalue weighted by molar-refractivity contribution is 5.46. The van der Waals surface area contributed by atoms with Crippen molar-refractivity contribution in [1.82, 2.24) is 5.32 Å². The molecule has 20 heavy (non-hydrogen) atoms. The molecule has 0 fully saturated rings. The van der Waals surface area contributed by atoms with Crippen molar-refractivity contribution >= 4 is 5.69 Å². The van der Waals surface area contributed by atoms with E-state index in [1.54, 1.807) is 12.1 Å². The van der Waals surface area contributed by atoms with Crippen molar-refractivity contribution in [2.24, 2.45) is 0 Å². The summed E-state index contributed by atoms with van der Waals surface area (Å²) in [5, 5.41) is 12.8. The highest BCUT2D eigenvalue weighted by atomic mass is 19.1. The predicted molar refractivity (Wildman–Crippen MR) is 79.4 cm³/mol. The van der Waals surface area contributed by atoms with Gasteiger partial charge in [-0.3, -0.25) is 0 Å². The first-order valence-electron chi connectivity index (χ1n) is 6.51. The maximum Gasteiger partial charge on any atom is 0.165 e. The van der Waals surface area contributed by atoms with Gasteiger partial charge in [0, 0.05) is 38.4 Å². The summed E-state index contributed by atoms with van der Waals surface area (Å²) >= 11 is 0. The van der Waals surface area contributed by atoms with Gasteiger partial charge in [0.1, 0.15) is 0 Å². The number of phenolic OH excluding ortho intramolecular Hbond substituents is 1. The van der Waals surface area contributed by atoms with Crippen LogP contribution in [0.1, 0.15) is 11.1 Å². The van der Waals surface area contributed by atoms with E-state index >= 15 is 0 Å². The summed E-state index contributed by atoms with van der Waals surface area (Å²) < 4.78 is 13.2. The Labute approximate surface area is 118 Å². The van der Waals surface area contributed by atoms with Gasteiger partial charge in [-0.05, 0) is 23.8 Å². The van der Waals surface area contributed by atoms with Crippen LogP contribution in [0.2, 0.25) is 0 Å². The molecule has 0 saturated carbocycles. The van der Waals surface area contributed by atoms with Gasteiger partial charge in [0.25, 0.3) is 0 Å². The van der Waals surface area contributed by atoms with E-state index in [0.717, 1.165) is 11.3 Å². The zero-order chi connectivity index (χ0) is 14.5. The third-order valence-electron chi connectivity index (χ3n) is 3.17. The fourth-order valence-electron chi connectivity index (χ4n) is 1.96. The minimum atomic E-state index is -0.584. The first-order chi connectivity index (χ1) is 9.58. The lowest BCUT2D eigenvalue weighted by Crippen LogP contribution is -2.13. The normalized spacial score (nSPS) is 10.6. The second-order valence-corrected chi connectivity index (χ2v) is 4.91. The molecule has 0 amide bonds. The molecule has 4 heteroatoms. The van der Waals surface area contributed by atoms with Crippen LogP contribution in [0.4, 0.5) is 10.1 Å². The number of phenols is 1. The van der Waals surface area contributed by atoms with Crippen LogP contribution in [0.25, 0.3) is 0 Å². The Kier molecular flexibility index (Phi) is 4.58. The molecule has 0 saturated heterocycles.